The summed E-state index contributed by atoms with van der Waals surface area (Å²) >= 11 is 0. The fourth-order valence-electron chi connectivity index (χ4n) is 2.34. The van der Waals surface area contributed by atoms with Gasteiger partial charge in [-0.2, -0.15) is 0 Å². The quantitative estimate of drug-likeness (QED) is 0.649. The van der Waals surface area contributed by atoms with Crippen molar-refractivity contribution in [2.75, 3.05) is 45.7 Å². The van der Waals surface area contributed by atoms with Crippen molar-refractivity contribution >= 4 is 11.7 Å². The zero-order valence-corrected chi connectivity index (χ0v) is 12.5. The molecule has 0 saturated carbocycles. The van der Waals surface area contributed by atoms with Gasteiger partial charge in [0.15, 0.2) is 0 Å². The number of nitrogens with zero attached hydrogens (tertiary/aromatic N) is 1. The third-order valence-electron chi connectivity index (χ3n) is 3.54. The number of anilines is 1. The lowest BCUT2D eigenvalue weighted by molar-refractivity contribution is -0.0465. The largest absolute Gasteiger partial charge is 0.490 e. The summed E-state index contributed by atoms with van der Waals surface area (Å²) in [6.45, 7) is 5.96. The Bertz CT molecular complexity index is 493. The molecule has 1 aliphatic heterocycles. The summed E-state index contributed by atoms with van der Waals surface area (Å²) in [7, 11) is 1.32. The molecular formula is C15H22N2O4. The van der Waals surface area contributed by atoms with Gasteiger partial charge in [-0.3, -0.25) is 4.90 Å². The van der Waals surface area contributed by atoms with Gasteiger partial charge < -0.3 is 19.9 Å². The van der Waals surface area contributed by atoms with Crippen molar-refractivity contribution in [3.05, 3.63) is 23.8 Å². The molecule has 1 unspecified atom stereocenters. The molecule has 0 radical (unpaired) electrons. The Labute approximate surface area is 124 Å². The monoisotopic (exact) mass is 294 g/mol. The van der Waals surface area contributed by atoms with Crippen molar-refractivity contribution in [1.82, 2.24) is 4.90 Å². The highest BCUT2D eigenvalue weighted by molar-refractivity contribution is 5.98. The Hall–Kier alpha value is -1.79. The molecule has 1 atom stereocenters. The van der Waals surface area contributed by atoms with E-state index in [2.05, 4.69) is 11.8 Å². The second kappa shape index (κ2) is 7.28. The first-order chi connectivity index (χ1) is 10.2. The number of nitrogens with two attached hydrogens (primary N) is 1. The maximum atomic E-state index is 11.8. The lowest BCUT2D eigenvalue weighted by Gasteiger charge is -2.32. The Balaban J connectivity index is 2.03. The summed E-state index contributed by atoms with van der Waals surface area (Å²) < 4.78 is 16.2. The predicted molar refractivity (Wildman–Crippen MR) is 79.5 cm³/mol. The van der Waals surface area contributed by atoms with E-state index >= 15 is 0 Å². The fourth-order valence-corrected chi connectivity index (χ4v) is 2.34. The molecule has 0 bridgehead atoms. The molecule has 2 rings (SSSR count). The van der Waals surface area contributed by atoms with Gasteiger partial charge in [-0.1, -0.05) is 13.0 Å². The van der Waals surface area contributed by atoms with Crippen LogP contribution < -0.4 is 10.5 Å². The van der Waals surface area contributed by atoms with Crippen LogP contribution in [0, 0.1) is 0 Å². The number of esters is 1. The smallest absolute Gasteiger partial charge is 0.343 e. The first-order valence-corrected chi connectivity index (χ1v) is 7.09. The summed E-state index contributed by atoms with van der Waals surface area (Å²) in [5, 5.41) is 0. The van der Waals surface area contributed by atoms with Gasteiger partial charge in [0, 0.05) is 18.8 Å². The number of hydrogen-bond donors (Lipinski definition) is 1. The van der Waals surface area contributed by atoms with E-state index in [1.807, 2.05) is 0 Å². The van der Waals surface area contributed by atoms with Crippen molar-refractivity contribution in [1.29, 1.82) is 0 Å². The third kappa shape index (κ3) is 3.86. The van der Waals surface area contributed by atoms with E-state index < -0.39 is 5.97 Å². The van der Waals surface area contributed by atoms with E-state index in [0.29, 0.717) is 24.7 Å². The Kier molecular flexibility index (Phi) is 5.41. The number of rotatable bonds is 5. The van der Waals surface area contributed by atoms with Crippen LogP contribution in [-0.4, -0.2) is 56.9 Å². The molecule has 0 aromatic heterocycles. The molecule has 0 amide bonds. The van der Waals surface area contributed by atoms with Crippen LogP contribution in [0.25, 0.3) is 0 Å². The van der Waals surface area contributed by atoms with Crippen LogP contribution >= 0.6 is 0 Å². The van der Waals surface area contributed by atoms with E-state index in [4.69, 9.17) is 19.9 Å². The summed E-state index contributed by atoms with van der Waals surface area (Å²) in [6.07, 6.45) is -0.00868. The van der Waals surface area contributed by atoms with E-state index in [1.54, 1.807) is 18.2 Å². The van der Waals surface area contributed by atoms with Gasteiger partial charge in [-0.25, -0.2) is 4.79 Å². The number of nitrogen functional groups attached to an aromatic ring is 1. The SMILES string of the molecule is CCN1CCOC(COc2cccc(N)c2C(=O)OC)C1. The molecule has 116 valence electrons. The number of ether oxygens (including phenoxy) is 3. The van der Waals surface area contributed by atoms with Gasteiger partial charge in [0.2, 0.25) is 0 Å². The Morgan fingerprint density at radius 2 is 2.33 bits per heavy atom. The molecule has 1 saturated heterocycles. The van der Waals surface area contributed by atoms with Gasteiger partial charge in [0.25, 0.3) is 0 Å². The van der Waals surface area contributed by atoms with Gasteiger partial charge in [0.05, 0.1) is 13.7 Å². The second-order valence-electron chi connectivity index (χ2n) is 4.91. The normalized spacial score (nSPS) is 19.2. The summed E-state index contributed by atoms with van der Waals surface area (Å²) in [4.78, 5) is 14.1. The van der Waals surface area contributed by atoms with Crippen LogP contribution in [0.4, 0.5) is 5.69 Å². The topological polar surface area (TPSA) is 74.0 Å². The molecule has 21 heavy (non-hydrogen) atoms. The first kappa shape index (κ1) is 15.6. The van der Waals surface area contributed by atoms with Gasteiger partial charge >= 0.3 is 5.97 Å². The molecule has 2 N–H and O–H groups in total. The lowest BCUT2D eigenvalue weighted by atomic mass is 10.1. The average Bonchev–Trinajstić information content (AvgIpc) is 2.52. The lowest BCUT2D eigenvalue weighted by Crippen LogP contribution is -2.44. The highest BCUT2D eigenvalue weighted by Gasteiger charge is 2.22. The summed E-state index contributed by atoms with van der Waals surface area (Å²) in [5.41, 5.74) is 6.44. The Morgan fingerprint density at radius 1 is 1.52 bits per heavy atom. The molecule has 6 nitrogen and oxygen atoms in total. The number of likely N-dealkylation sites (N-methyl/N-ethyl adjacent to an activating group) is 1. The van der Waals surface area contributed by atoms with Crippen LogP contribution in [0.3, 0.4) is 0 Å². The van der Waals surface area contributed by atoms with Gasteiger partial charge in [-0.15, -0.1) is 0 Å². The first-order valence-electron chi connectivity index (χ1n) is 7.09. The number of methoxy groups -OCH3 is 1. The molecule has 6 heteroatoms. The van der Waals surface area contributed by atoms with E-state index in [9.17, 15) is 4.79 Å². The van der Waals surface area contributed by atoms with Crippen molar-refractivity contribution in [3.63, 3.8) is 0 Å². The fraction of sp³-hybridized carbons (Fsp3) is 0.533. The van der Waals surface area contributed by atoms with Crippen molar-refractivity contribution in [2.45, 2.75) is 13.0 Å². The number of carbonyl (C=O) groups excluding carboxylic acids is 1. The minimum absolute atomic E-state index is 0.00868. The minimum atomic E-state index is -0.497. The molecule has 1 aromatic carbocycles. The zero-order chi connectivity index (χ0) is 15.2. The third-order valence-corrected chi connectivity index (χ3v) is 3.54. The van der Waals surface area contributed by atoms with Crippen LogP contribution in [0.2, 0.25) is 0 Å². The summed E-state index contributed by atoms with van der Waals surface area (Å²) in [6, 6.07) is 5.11. The zero-order valence-electron chi connectivity index (χ0n) is 12.5. The van der Waals surface area contributed by atoms with Gasteiger partial charge in [-0.05, 0) is 18.7 Å². The predicted octanol–water partition coefficient (Wildman–Crippen LogP) is 1.15. The Morgan fingerprint density at radius 3 is 3.05 bits per heavy atom. The maximum absolute atomic E-state index is 11.8. The molecule has 1 aliphatic rings. The minimum Gasteiger partial charge on any atom is -0.490 e. The molecule has 1 heterocycles. The number of morpholine rings is 1. The van der Waals surface area contributed by atoms with Crippen molar-refractivity contribution < 1.29 is 19.0 Å². The molecule has 1 fully saturated rings. The molecule has 0 aliphatic carbocycles. The number of hydrogen-bond acceptors (Lipinski definition) is 6. The van der Waals surface area contributed by atoms with Crippen molar-refractivity contribution in [2.24, 2.45) is 0 Å². The van der Waals surface area contributed by atoms with E-state index in [-0.39, 0.29) is 11.7 Å². The van der Waals surface area contributed by atoms with Crippen LogP contribution in [-0.2, 0) is 9.47 Å². The second-order valence-corrected chi connectivity index (χ2v) is 4.91. The average molecular weight is 294 g/mol. The van der Waals surface area contributed by atoms with Crippen LogP contribution in [0.5, 0.6) is 5.75 Å². The summed E-state index contributed by atoms with van der Waals surface area (Å²) in [5.74, 6) is -0.0677. The van der Waals surface area contributed by atoms with Gasteiger partial charge in [0.1, 0.15) is 24.0 Å². The van der Waals surface area contributed by atoms with E-state index in [1.165, 1.54) is 7.11 Å². The van der Waals surface area contributed by atoms with E-state index in [0.717, 1.165) is 19.6 Å². The number of carbonyl (C=O) groups is 1. The van der Waals surface area contributed by atoms with Crippen LogP contribution in [0.1, 0.15) is 17.3 Å². The number of benzene rings is 1. The molecule has 0 spiro atoms. The maximum Gasteiger partial charge on any atom is 0.343 e. The van der Waals surface area contributed by atoms with Crippen molar-refractivity contribution in [3.8, 4) is 5.75 Å². The molecular weight excluding hydrogens is 272 g/mol. The highest BCUT2D eigenvalue weighted by atomic mass is 16.5. The van der Waals surface area contributed by atoms with Crippen LogP contribution in [0.15, 0.2) is 18.2 Å². The standard InChI is InChI=1S/C15H22N2O4/c1-3-17-7-8-20-11(9-17)10-21-13-6-4-5-12(16)14(13)15(18)19-2/h4-6,11H,3,7-10,16H2,1-2H3. The highest BCUT2D eigenvalue weighted by Crippen LogP contribution is 2.25. The molecule has 1 aromatic rings.